The lowest BCUT2D eigenvalue weighted by Crippen LogP contribution is -1.96. The molecule has 0 aliphatic heterocycles. The number of rotatable bonds is 2. The smallest absolute Gasteiger partial charge is 0.213 e. The van der Waals surface area contributed by atoms with Crippen LogP contribution in [0.5, 0.6) is 0 Å². The number of halogens is 1. The number of ketones is 1. The first-order valence-corrected chi connectivity index (χ1v) is 6.87. The third kappa shape index (κ3) is 2.22. The second kappa shape index (κ2) is 4.20. The van der Waals surface area contributed by atoms with Crippen LogP contribution in [-0.2, 0) is 0 Å². The van der Waals surface area contributed by atoms with Crippen LogP contribution in [-0.4, -0.2) is 5.78 Å². The summed E-state index contributed by atoms with van der Waals surface area (Å²) in [5, 5.41) is 0. The molecule has 0 unspecified atom stereocenters. The Morgan fingerprint density at radius 2 is 2.00 bits per heavy atom. The molecule has 0 atom stereocenters. The molecule has 0 N–H and O–H groups in total. The molecule has 2 rings (SSSR count). The lowest BCUT2D eigenvalue weighted by molar-refractivity contribution is 0.104. The number of hydrogen-bond donors (Lipinski definition) is 0. The van der Waals surface area contributed by atoms with Gasteiger partial charge in [0, 0.05) is 4.88 Å². The van der Waals surface area contributed by atoms with Crippen LogP contribution < -0.4 is 0 Å². The second-order valence-corrected chi connectivity index (χ2v) is 7.02. The van der Waals surface area contributed by atoms with Gasteiger partial charge in [0.1, 0.15) is 0 Å². The molecule has 0 bridgehead atoms. The Morgan fingerprint density at radius 1 is 1.27 bits per heavy atom. The fraction of sp³-hybridized carbons (Fsp3) is 0.182. The van der Waals surface area contributed by atoms with Gasteiger partial charge in [0.15, 0.2) is 0 Å². The highest BCUT2D eigenvalue weighted by Gasteiger charge is 2.15. The van der Waals surface area contributed by atoms with Gasteiger partial charge in [-0.15, -0.1) is 22.7 Å². The van der Waals surface area contributed by atoms with Crippen molar-refractivity contribution < 1.29 is 4.79 Å². The van der Waals surface area contributed by atoms with Gasteiger partial charge < -0.3 is 0 Å². The molecular weight excluding hydrogens is 292 g/mol. The van der Waals surface area contributed by atoms with E-state index in [4.69, 9.17) is 0 Å². The first-order chi connectivity index (χ1) is 7.08. The van der Waals surface area contributed by atoms with E-state index >= 15 is 0 Å². The van der Waals surface area contributed by atoms with Gasteiger partial charge in [-0.3, -0.25) is 4.79 Å². The summed E-state index contributed by atoms with van der Waals surface area (Å²) in [6, 6.07) is 5.83. The van der Waals surface area contributed by atoms with E-state index in [1.54, 1.807) is 11.3 Å². The van der Waals surface area contributed by atoms with Crippen LogP contribution in [0.4, 0.5) is 0 Å². The molecule has 0 spiro atoms. The zero-order valence-electron chi connectivity index (χ0n) is 8.33. The molecule has 0 fully saturated rings. The molecule has 0 radical (unpaired) electrons. The van der Waals surface area contributed by atoms with E-state index < -0.39 is 0 Å². The highest BCUT2D eigenvalue weighted by molar-refractivity contribution is 9.11. The van der Waals surface area contributed by atoms with E-state index in [-0.39, 0.29) is 5.78 Å². The Bertz CT molecular complexity index is 510. The number of carbonyl (C=O) groups is 1. The van der Waals surface area contributed by atoms with Gasteiger partial charge in [-0.25, -0.2) is 0 Å². The van der Waals surface area contributed by atoms with Crippen LogP contribution in [0.25, 0.3) is 0 Å². The third-order valence-electron chi connectivity index (χ3n) is 2.04. The summed E-state index contributed by atoms with van der Waals surface area (Å²) in [4.78, 5) is 14.9. The predicted octanol–water partition coefficient (Wildman–Crippen LogP) is 4.42. The van der Waals surface area contributed by atoms with E-state index in [2.05, 4.69) is 22.0 Å². The highest BCUT2D eigenvalue weighted by Crippen LogP contribution is 2.28. The molecular formula is C11H9BrOS2. The van der Waals surface area contributed by atoms with E-state index in [0.717, 1.165) is 19.1 Å². The van der Waals surface area contributed by atoms with Crippen molar-refractivity contribution in [2.24, 2.45) is 0 Å². The lowest BCUT2D eigenvalue weighted by Gasteiger charge is -1.94. The molecule has 0 saturated carbocycles. The van der Waals surface area contributed by atoms with Crippen molar-refractivity contribution in [1.82, 2.24) is 0 Å². The summed E-state index contributed by atoms with van der Waals surface area (Å²) in [5.41, 5.74) is 1.08. The van der Waals surface area contributed by atoms with Gasteiger partial charge in [-0.1, -0.05) is 0 Å². The molecule has 0 aromatic carbocycles. The molecule has 0 aliphatic rings. The van der Waals surface area contributed by atoms with Gasteiger partial charge in [0.05, 0.1) is 13.5 Å². The molecule has 0 amide bonds. The summed E-state index contributed by atoms with van der Waals surface area (Å²) >= 11 is 6.42. The predicted molar refractivity (Wildman–Crippen MR) is 69.2 cm³/mol. The monoisotopic (exact) mass is 300 g/mol. The molecule has 2 aromatic rings. The SMILES string of the molecule is Cc1cc(C)c(C(=O)c2ccc(Br)s2)s1. The van der Waals surface area contributed by atoms with Crippen molar-refractivity contribution >= 4 is 44.4 Å². The number of carbonyl (C=O) groups excluding carboxylic acids is 1. The second-order valence-electron chi connectivity index (χ2n) is 3.30. The van der Waals surface area contributed by atoms with Gasteiger partial charge in [-0.2, -0.15) is 0 Å². The van der Waals surface area contributed by atoms with Gasteiger partial charge >= 0.3 is 0 Å². The normalized spacial score (nSPS) is 10.6. The van der Waals surface area contributed by atoms with E-state index in [9.17, 15) is 4.79 Å². The summed E-state index contributed by atoms with van der Waals surface area (Å²) in [6.45, 7) is 4.01. The fourth-order valence-corrected chi connectivity index (χ4v) is 3.79. The summed E-state index contributed by atoms with van der Waals surface area (Å²) in [7, 11) is 0. The molecule has 78 valence electrons. The maximum absolute atomic E-state index is 12.1. The Morgan fingerprint density at radius 3 is 2.47 bits per heavy atom. The lowest BCUT2D eigenvalue weighted by atomic mass is 10.2. The Balaban J connectivity index is 2.40. The summed E-state index contributed by atoms with van der Waals surface area (Å²) in [5.74, 6) is 0.140. The molecule has 1 nitrogen and oxygen atoms in total. The molecule has 4 heteroatoms. The van der Waals surface area contributed by atoms with Crippen molar-refractivity contribution in [1.29, 1.82) is 0 Å². The van der Waals surface area contributed by atoms with Crippen molar-refractivity contribution in [3.05, 3.63) is 42.2 Å². The van der Waals surface area contributed by atoms with E-state index in [1.165, 1.54) is 16.2 Å². The van der Waals surface area contributed by atoms with Crippen LogP contribution in [0.2, 0.25) is 0 Å². The molecule has 0 aliphatic carbocycles. The zero-order chi connectivity index (χ0) is 11.0. The zero-order valence-corrected chi connectivity index (χ0v) is 11.6. The van der Waals surface area contributed by atoms with Gasteiger partial charge in [0.2, 0.25) is 5.78 Å². The minimum Gasteiger partial charge on any atom is -0.287 e. The van der Waals surface area contributed by atoms with Gasteiger partial charge in [-0.05, 0) is 53.5 Å². The van der Waals surface area contributed by atoms with Crippen molar-refractivity contribution in [3.63, 3.8) is 0 Å². The number of hydrogen-bond acceptors (Lipinski definition) is 3. The summed E-state index contributed by atoms with van der Waals surface area (Å²) in [6.07, 6.45) is 0. The van der Waals surface area contributed by atoms with Gasteiger partial charge in [0.25, 0.3) is 0 Å². The van der Waals surface area contributed by atoms with E-state index in [0.29, 0.717) is 0 Å². The van der Waals surface area contributed by atoms with Crippen molar-refractivity contribution in [2.45, 2.75) is 13.8 Å². The standard InChI is InChI=1S/C11H9BrOS2/c1-6-5-7(2)14-11(6)10(13)8-3-4-9(12)15-8/h3-5H,1-2H3. The number of aryl methyl sites for hydroxylation is 2. The molecule has 15 heavy (non-hydrogen) atoms. The fourth-order valence-electron chi connectivity index (χ4n) is 1.42. The van der Waals surface area contributed by atoms with Crippen LogP contribution >= 0.6 is 38.6 Å². The van der Waals surface area contributed by atoms with Crippen LogP contribution in [0, 0.1) is 13.8 Å². The van der Waals surface area contributed by atoms with Crippen LogP contribution in [0.1, 0.15) is 25.0 Å². The quantitative estimate of drug-likeness (QED) is 0.750. The Kier molecular flexibility index (Phi) is 3.09. The van der Waals surface area contributed by atoms with E-state index in [1.807, 2.05) is 26.0 Å². The van der Waals surface area contributed by atoms with Crippen molar-refractivity contribution in [3.8, 4) is 0 Å². The maximum atomic E-state index is 12.1. The van der Waals surface area contributed by atoms with Crippen LogP contribution in [0.15, 0.2) is 22.0 Å². The largest absolute Gasteiger partial charge is 0.287 e. The average molecular weight is 301 g/mol. The van der Waals surface area contributed by atoms with Crippen molar-refractivity contribution in [2.75, 3.05) is 0 Å². The highest BCUT2D eigenvalue weighted by atomic mass is 79.9. The third-order valence-corrected chi connectivity index (χ3v) is 4.82. The molecule has 2 aromatic heterocycles. The number of thiophene rings is 2. The Hall–Kier alpha value is -0.450. The Labute approximate surface area is 105 Å². The summed E-state index contributed by atoms with van der Waals surface area (Å²) < 4.78 is 0.997. The topological polar surface area (TPSA) is 17.1 Å². The first-order valence-electron chi connectivity index (χ1n) is 4.45. The maximum Gasteiger partial charge on any atom is 0.213 e. The van der Waals surface area contributed by atoms with Crippen LogP contribution in [0.3, 0.4) is 0 Å². The minimum atomic E-state index is 0.140. The molecule has 2 heterocycles. The minimum absolute atomic E-state index is 0.140. The first kappa shape index (κ1) is 11.0. The molecule has 0 saturated heterocycles. The average Bonchev–Trinajstić information content (AvgIpc) is 2.71.